The van der Waals surface area contributed by atoms with Crippen molar-refractivity contribution in [1.29, 1.82) is 5.26 Å². The number of hydrogen-bond acceptors (Lipinski definition) is 5. The molecule has 6 nitrogen and oxygen atoms in total. The number of nitriles is 1. The maximum absolute atomic E-state index is 11.1. The molecule has 0 heterocycles. The van der Waals surface area contributed by atoms with Gasteiger partial charge >= 0.3 is 0 Å². The van der Waals surface area contributed by atoms with Crippen molar-refractivity contribution in [3.05, 3.63) is 63.7 Å². The molecule has 2 rings (SSSR count). The Bertz CT molecular complexity index is 708. The molecule has 0 bridgehead atoms. The minimum atomic E-state index is -0.530. The van der Waals surface area contributed by atoms with Crippen LogP contribution in [-0.2, 0) is 6.42 Å². The lowest BCUT2D eigenvalue weighted by Crippen LogP contribution is -2.01. The van der Waals surface area contributed by atoms with Gasteiger partial charge in [-0.1, -0.05) is 18.2 Å². The van der Waals surface area contributed by atoms with Crippen molar-refractivity contribution in [1.82, 2.24) is 0 Å². The number of benzene rings is 2. The van der Waals surface area contributed by atoms with E-state index in [-0.39, 0.29) is 17.9 Å². The molecule has 0 unspecified atom stereocenters. The van der Waals surface area contributed by atoms with Crippen LogP contribution in [0.15, 0.2) is 42.5 Å². The summed E-state index contributed by atoms with van der Waals surface area (Å²) in [6, 6.07) is 13.4. The largest absolute Gasteiger partial charge is 0.396 e. The third kappa shape index (κ3) is 3.35. The van der Waals surface area contributed by atoms with Crippen LogP contribution in [0, 0.1) is 21.4 Å². The summed E-state index contributed by atoms with van der Waals surface area (Å²) in [6.07, 6.45) is 0.452. The summed E-state index contributed by atoms with van der Waals surface area (Å²) in [4.78, 5) is 10.6. The summed E-state index contributed by atoms with van der Waals surface area (Å²) in [5.41, 5.74) is 1.94. The van der Waals surface area contributed by atoms with Crippen molar-refractivity contribution in [2.45, 2.75) is 6.42 Å². The fourth-order valence-electron chi connectivity index (χ4n) is 1.98. The molecule has 0 atom stereocenters. The first-order valence-electron chi connectivity index (χ1n) is 6.30. The van der Waals surface area contributed by atoms with Crippen molar-refractivity contribution >= 4 is 17.1 Å². The third-order valence-electron chi connectivity index (χ3n) is 2.99. The van der Waals surface area contributed by atoms with Gasteiger partial charge in [-0.15, -0.1) is 0 Å². The van der Waals surface area contributed by atoms with E-state index in [9.17, 15) is 10.1 Å². The summed E-state index contributed by atoms with van der Waals surface area (Å²) in [5.74, 6) is 0. The average molecular weight is 283 g/mol. The number of nitrogens with zero attached hydrogens (tertiary/aromatic N) is 2. The maximum atomic E-state index is 11.1. The lowest BCUT2D eigenvalue weighted by molar-refractivity contribution is -0.383. The van der Waals surface area contributed by atoms with Gasteiger partial charge in [0.25, 0.3) is 5.69 Å². The summed E-state index contributed by atoms with van der Waals surface area (Å²) < 4.78 is 0. The first kappa shape index (κ1) is 14.5. The molecule has 2 aromatic carbocycles. The second kappa shape index (κ2) is 6.50. The first-order valence-corrected chi connectivity index (χ1v) is 6.30. The van der Waals surface area contributed by atoms with E-state index < -0.39 is 4.92 Å². The van der Waals surface area contributed by atoms with Gasteiger partial charge < -0.3 is 10.4 Å². The van der Waals surface area contributed by atoms with Gasteiger partial charge in [0.15, 0.2) is 0 Å². The maximum Gasteiger partial charge on any atom is 0.293 e. The molecular weight excluding hydrogens is 270 g/mol. The average Bonchev–Trinajstić information content (AvgIpc) is 2.49. The monoisotopic (exact) mass is 283 g/mol. The quantitative estimate of drug-likeness (QED) is 0.649. The van der Waals surface area contributed by atoms with E-state index in [4.69, 9.17) is 10.4 Å². The highest BCUT2D eigenvalue weighted by molar-refractivity contribution is 5.72. The Kier molecular flexibility index (Phi) is 4.49. The van der Waals surface area contributed by atoms with Crippen molar-refractivity contribution in [3.63, 3.8) is 0 Å². The first-order chi connectivity index (χ1) is 10.2. The highest BCUT2D eigenvalue weighted by Crippen LogP contribution is 2.30. The van der Waals surface area contributed by atoms with Crippen molar-refractivity contribution in [3.8, 4) is 6.07 Å². The fourth-order valence-corrected chi connectivity index (χ4v) is 1.98. The van der Waals surface area contributed by atoms with Crippen LogP contribution in [0.3, 0.4) is 0 Å². The fraction of sp³-hybridized carbons (Fsp3) is 0.133. The number of aliphatic hydroxyl groups is 1. The van der Waals surface area contributed by atoms with Gasteiger partial charge in [0.1, 0.15) is 5.69 Å². The number of aliphatic hydroxyl groups excluding tert-OH is 1. The number of para-hydroxylation sites is 1. The zero-order valence-electron chi connectivity index (χ0n) is 11.1. The van der Waals surface area contributed by atoms with Gasteiger partial charge in [0.05, 0.1) is 16.6 Å². The predicted octanol–water partition coefficient (Wildman–Crippen LogP) is 2.74. The van der Waals surface area contributed by atoms with Crippen molar-refractivity contribution < 1.29 is 10.0 Å². The van der Waals surface area contributed by atoms with Crippen LogP contribution in [0.2, 0.25) is 0 Å². The predicted molar refractivity (Wildman–Crippen MR) is 78.3 cm³/mol. The molecule has 6 heteroatoms. The van der Waals surface area contributed by atoms with E-state index in [1.165, 1.54) is 18.2 Å². The van der Waals surface area contributed by atoms with Crippen LogP contribution in [0.25, 0.3) is 0 Å². The number of nitro benzene ring substituents is 1. The smallest absolute Gasteiger partial charge is 0.293 e. The molecule has 2 N–H and O–H groups in total. The Morgan fingerprint density at radius 1 is 1.24 bits per heavy atom. The van der Waals surface area contributed by atoms with Crippen molar-refractivity contribution in [2.75, 3.05) is 11.9 Å². The normalized spacial score (nSPS) is 9.90. The van der Waals surface area contributed by atoms with E-state index >= 15 is 0 Å². The van der Waals surface area contributed by atoms with E-state index in [1.807, 2.05) is 18.2 Å². The van der Waals surface area contributed by atoms with Gasteiger partial charge in [0, 0.05) is 18.4 Å². The molecule has 0 amide bonds. The molecule has 0 aliphatic heterocycles. The van der Waals surface area contributed by atoms with Crippen LogP contribution in [0.5, 0.6) is 0 Å². The van der Waals surface area contributed by atoms with Crippen LogP contribution in [-0.4, -0.2) is 16.6 Å². The molecule has 0 aromatic heterocycles. The third-order valence-corrected chi connectivity index (χ3v) is 2.99. The van der Waals surface area contributed by atoms with Crippen LogP contribution < -0.4 is 5.32 Å². The van der Waals surface area contributed by atoms with Crippen LogP contribution >= 0.6 is 0 Å². The summed E-state index contributed by atoms with van der Waals surface area (Å²) in [5, 5.41) is 32.0. The Morgan fingerprint density at radius 3 is 2.67 bits per heavy atom. The number of hydrogen-bond donors (Lipinski definition) is 2. The molecule has 0 aliphatic rings. The topological polar surface area (TPSA) is 99.2 Å². The molecule has 0 aliphatic carbocycles. The second-order valence-corrected chi connectivity index (χ2v) is 4.36. The Hall–Kier alpha value is -2.91. The van der Waals surface area contributed by atoms with Crippen LogP contribution in [0.1, 0.15) is 11.1 Å². The van der Waals surface area contributed by atoms with E-state index in [0.29, 0.717) is 17.8 Å². The zero-order valence-corrected chi connectivity index (χ0v) is 11.1. The SMILES string of the molecule is N#Cc1ccc(Nc2ccccc2CCO)c([N+](=O)[O-])c1. The lowest BCUT2D eigenvalue weighted by atomic mass is 10.1. The van der Waals surface area contributed by atoms with E-state index in [0.717, 1.165) is 5.56 Å². The molecule has 0 saturated heterocycles. The molecule has 21 heavy (non-hydrogen) atoms. The molecule has 0 radical (unpaired) electrons. The Labute approximate surface area is 121 Å². The second-order valence-electron chi connectivity index (χ2n) is 4.36. The minimum absolute atomic E-state index is 0.00580. The van der Waals surface area contributed by atoms with Crippen molar-refractivity contribution in [2.24, 2.45) is 0 Å². The summed E-state index contributed by atoms with van der Waals surface area (Å²) in [7, 11) is 0. The Balaban J connectivity index is 2.40. The highest BCUT2D eigenvalue weighted by Gasteiger charge is 2.15. The summed E-state index contributed by atoms with van der Waals surface area (Å²) >= 11 is 0. The standard InChI is InChI=1S/C15H13N3O3/c16-10-11-5-6-14(15(9-11)18(20)21)17-13-4-2-1-3-12(13)7-8-19/h1-6,9,17,19H,7-8H2. The van der Waals surface area contributed by atoms with Gasteiger partial charge in [-0.25, -0.2) is 0 Å². The molecule has 0 saturated carbocycles. The van der Waals surface area contributed by atoms with Gasteiger partial charge in [-0.2, -0.15) is 5.26 Å². The molecule has 0 fully saturated rings. The lowest BCUT2D eigenvalue weighted by Gasteiger charge is -2.11. The molecule has 106 valence electrons. The zero-order chi connectivity index (χ0) is 15.2. The van der Waals surface area contributed by atoms with Gasteiger partial charge in [0.2, 0.25) is 0 Å². The molecular formula is C15H13N3O3. The highest BCUT2D eigenvalue weighted by atomic mass is 16.6. The number of anilines is 2. The van der Waals surface area contributed by atoms with Gasteiger partial charge in [-0.05, 0) is 30.2 Å². The molecule has 0 spiro atoms. The number of rotatable bonds is 5. The van der Waals surface area contributed by atoms with Crippen LogP contribution in [0.4, 0.5) is 17.1 Å². The number of nitro groups is 1. The summed E-state index contributed by atoms with van der Waals surface area (Å²) in [6.45, 7) is -0.00580. The number of nitrogens with one attached hydrogen (secondary N) is 1. The molecule has 2 aromatic rings. The Morgan fingerprint density at radius 2 is 2.00 bits per heavy atom. The minimum Gasteiger partial charge on any atom is -0.396 e. The van der Waals surface area contributed by atoms with Gasteiger partial charge in [-0.3, -0.25) is 10.1 Å². The van der Waals surface area contributed by atoms with E-state index in [2.05, 4.69) is 5.32 Å². The van der Waals surface area contributed by atoms with E-state index in [1.54, 1.807) is 12.1 Å².